The molecule has 1 heterocycles. The molecule has 4 nitrogen and oxygen atoms in total. The summed E-state index contributed by atoms with van der Waals surface area (Å²) >= 11 is 0. The van der Waals surface area contributed by atoms with Crippen molar-refractivity contribution in [3.63, 3.8) is 0 Å². The van der Waals surface area contributed by atoms with Crippen LogP contribution < -0.4 is 9.46 Å². The van der Waals surface area contributed by atoms with E-state index in [-0.39, 0.29) is 22.4 Å². The van der Waals surface area contributed by atoms with Crippen LogP contribution in [0.25, 0.3) is 0 Å². The Morgan fingerprint density at radius 3 is 2.41 bits per heavy atom. The molecule has 1 N–H and O–H groups in total. The van der Waals surface area contributed by atoms with E-state index in [1.807, 2.05) is 0 Å². The molecule has 116 valence electrons. The molecule has 0 spiro atoms. The van der Waals surface area contributed by atoms with E-state index in [0.29, 0.717) is 11.1 Å². The summed E-state index contributed by atoms with van der Waals surface area (Å²) < 4.78 is 58.6. The minimum atomic E-state index is -3.59. The van der Waals surface area contributed by atoms with E-state index < -0.39 is 21.7 Å². The van der Waals surface area contributed by atoms with Gasteiger partial charge in [0, 0.05) is 29.8 Å². The third kappa shape index (κ3) is 2.46. The summed E-state index contributed by atoms with van der Waals surface area (Å²) in [6, 6.07) is 5.71. The molecule has 2 aromatic carbocycles. The van der Waals surface area contributed by atoms with Gasteiger partial charge in [0.05, 0.1) is 4.90 Å². The number of halogens is 2. The van der Waals surface area contributed by atoms with E-state index in [2.05, 4.69) is 4.72 Å². The Morgan fingerprint density at radius 1 is 1.14 bits per heavy atom. The van der Waals surface area contributed by atoms with Gasteiger partial charge in [-0.3, -0.25) is 0 Å². The second-order valence-electron chi connectivity index (χ2n) is 5.16. The van der Waals surface area contributed by atoms with Crippen molar-refractivity contribution in [3.8, 4) is 11.5 Å². The Hall–Kier alpha value is -1.99. The van der Waals surface area contributed by atoms with Crippen LogP contribution in [0.4, 0.5) is 8.78 Å². The van der Waals surface area contributed by atoms with E-state index in [9.17, 15) is 17.2 Å². The van der Waals surface area contributed by atoms with Gasteiger partial charge in [-0.1, -0.05) is 6.07 Å². The summed E-state index contributed by atoms with van der Waals surface area (Å²) in [6.07, 6.45) is 0. The fraction of sp³-hybridized carbons (Fsp3) is 0.200. The lowest BCUT2D eigenvalue weighted by molar-refractivity contribution is 0.463. The minimum absolute atomic E-state index is 0.0306. The molecule has 0 amide bonds. The molecule has 7 heteroatoms. The first-order valence-corrected chi connectivity index (χ1v) is 8.06. The molecule has 1 aliphatic heterocycles. The predicted octanol–water partition coefficient (Wildman–Crippen LogP) is 3.42. The number of benzene rings is 2. The Labute approximate surface area is 126 Å². The van der Waals surface area contributed by atoms with Crippen molar-refractivity contribution in [2.75, 3.05) is 0 Å². The van der Waals surface area contributed by atoms with Crippen LogP contribution in [0, 0.1) is 18.6 Å². The van der Waals surface area contributed by atoms with Gasteiger partial charge in [-0.15, -0.1) is 0 Å². The monoisotopic (exact) mass is 325 g/mol. The van der Waals surface area contributed by atoms with Crippen LogP contribution in [0.2, 0.25) is 0 Å². The van der Waals surface area contributed by atoms with Gasteiger partial charge in [-0.2, -0.15) is 0 Å². The number of hydrogen-bond donors (Lipinski definition) is 1. The van der Waals surface area contributed by atoms with Crippen molar-refractivity contribution in [1.82, 2.24) is 4.72 Å². The Bertz CT molecular complexity index is 845. The normalized spacial score (nSPS) is 19.0. The Balaban J connectivity index is 2.07. The molecule has 1 atom stereocenters. The fourth-order valence-electron chi connectivity index (χ4n) is 2.57. The fourth-order valence-corrected chi connectivity index (χ4v) is 4.34. The third-order valence-corrected chi connectivity index (χ3v) is 5.26. The highest BCUT2D eigenvalue weighted by atomic mass is 32.2. The lowest BCUT2D eigenvalue weighted by atomic mass is 10.1. The number of fused-ring (bicyclic) bond motifs is 1. The largest absolute Gasteiger partial charge is 0.457 e. The lowest BCUT2D eigenvalue weighted by Crippen LogP contribution is -2.17. The van der Waals surface area contributed by atoms with Crippen LogP contribution in [-0.2, 0) is 10.0 Å². The van der Waals surface area contributed by atoms with Crippen molar-refractivity contribution in [3.05, 3.63) is 53.1 Å². The molecule has 3 rings (SSSR count). The van der Waals surface area contributed by atoms with Crippen LogP contribution in [0.1, 0.15) is 24.1 Å². The summed E-state index contributed by atoms with van der Waals surface area (Å²) in [5, 5.41) is 0. The lowest BCUT2D eigenvalue weighted by Gasteiger charge is -2.12. The molecule has 0 saturated heterocycles. The molecular weight excluding hydrogens is 312 g/mol. The smallest absolute Gasteiger partial charge is 0.241 e. The third-order valence-electron chi connectivity index (χ3n) is 3.52. The standard InChI is InChI=1S/C15H13F2NO3S/c1-8-14(21-12-6-10(16)5-11(17)7-12)4-3-13-9(2)18-22(19,20)15(8)13/h3-7,9,18H,1-2H3. The van der Waals surface area contributed by atoms with E-state index in [1.165, 1.54) is 0 Å². The first-order chi connectivity index (χ1) is 10.3. The first kappa shape index (κ1) is 14.9. The highest BCUT2D eigenvalue weighted by molar-refractivity contribution is 7.89. The molecule has 0 aliphatic carbocycles. The van der Waals surface area contributed by atoms with Gasteiger partial charge >= 0.3 is 0 Å². The van der Waals surface area contributed by atoms with Crippen molar-refractivity contribution < 1.29 is 21.9 Å². The van der Waals surface area contributed by atoms with Crippen molar-refractivity contribution in [2.24, 2.45) is 0 Å². The zero-order chi connectivity index (χ0) is 16.1. The van der Waals surface area contributed by atoms with Crippen LogP contribution in [0.5, 0.6) is 11.5 Å². The van der Waals surface area contributed by atoms with Crippen LogP contribution >= 0.6 is 0 Å². The quantitative estimate of drug-likeness (QED) is 0.920. The second kappa shape index (κ2) is 5.03. The average Bonchev–Trinajstić information content (AvgIpc) is 2.62. The van der Waals surface area contributed by atoms with Gasteiger partial charge in [0.2, 0.25) is 10.0 Å². The molecule has 0 fully saturated rings. The molecule has 1 aliphatic rings. The molecule has 0 bridgehead atoms. The molecule has 2 aromatic rings. The van der Waals surface area contributed by atoms with Crippen molar-refractivity contribution >= 4 is 10.0 Å². The van der Waals surface area contributed by atoms with E-state index in [1.54, 1.807) is 26.0 Å². The summed E-state index contributed by atoms with van der Waals surface area (Å²) in [7, 11) is -3.59. The molecule has 1 unspecified atom stereocenters. The number of ether oxygens (including phenoxy) is 1. The zero-order valence-electron chi connectivity index (χ0n) is 11.9. The maximum Gasteiger partial charge on any atom is 0.241 e. The van der Waals surface area contributed by atoms with E-state index in [0.717, 1.165) is 18.2 Å². The van der Waals surface area contributed by atoms with Gasteiger partial charge < -0.3 is 4.74 Å². The summed E-state index contributed by atoms with van der Waals surface area (Å²) in [5.74, 6) is -1.33. The van der Waals surface area contributed by atoms with E-state index in [4.69, 9.17) is 4.74 Å². The van der Waals surface area contributed by atoms with Gasteiger partial charge in [-0.25, -0.2) is 21.9 Å². The van der Waals surface area contributed by atoms with E-state index >= 15 is 0 Å². The SMILES string of the molecule is Cc1c(Oc2cc(F)cc(F)c2)ccc2c1S(=O)(=O)NC2C. The maximum absolute atomic E-state index is 13.2. The summed E-state index contributed by atoms with van der Waals surface area (Å²) in [5.41, 5.74) is 1.05. The van der Waals surface area contributed by atoms with Crippen molar-refractivity contribution in [2.45, 2.75) is 24.8 Å². The van der Waals surface area contributed by atoms with Gasteiger partial charge in [-0.05, 0) is 25.5 Å². The molecule has 0 saturated carbocycles. The van der Waals surface area contributed by atoms with Crippen LogP contribution in [0.3, 0.4) is 0 Å². The molecule has 0 radical (unpaired) electrons. The Morgan fingerprint density at radius 2 is 1.77 bits per heavy atom. The minimum Gasteiger partial charge on any atom is -0.457 e. The highest BCUT2D eigenvalue weighted by Crippen LogP contribution is 2.38. The predicted molar refractivity (Wildman–Crippen MR) is 76.3 cm³/mol. The number of rotatable bonds is 2. The molecule has 0 aromatic heterocycles. The van der Waals surface area contributed by atoms with Crippen LogP contribution in [-0.4, -0.2) is 8.42 Å². The number of nitrogens with one attached hydrogen (secondary N) is 1. The van der Waals surface area contributed by atoms with Gasteiger partial charge in [0.1, 0.15) is 23.1 Å². The topological polar surface area (TPSA) is 55.4 Å². The van der Waals surface area contributed by atoms with Gasteiger partial charge in [0.15, 0.2) is 0 Å². The maximum atomic E-state index is 13.2. The number of sulfonamides is 1. The Kier molecular flexibility index (Phi) is 3.41. The molecule has 22 heavy (non-hydrogen) atoms. The summed E-state index contributed by atoms with van der Waals surface area (Å²) in [6.45, 7) is 3.34. The highest BCUT2D eigenvalue weighted by Gasteiger charge is 2.34. The second-order valence-corrected chi connectivity index (χ2v) is 6.81. The van der Waals surface area contributed by atoms with Crippen LogP contribution in [0.15, 0.2) is 35.2 Å². The summed E-state index contributed by atoms with van der Waals surface area (Å²) in [4.78, 5) is 0.161. The van der Waals surface area contributed by atoms with Gasteiger partial charge in [0.25, 0.3) is 0 Å². The average molecular weight is 325 g/mol. The first-order valence-electron chi connectivity index (χ1n) is 6.58. The zero-order valence-corrected chi connectivity index (χ0v) is 12.7. The molecular formula is C15H13F2NO3S. The van der Waals surface area contributed by atoms with Crippen molar-refractivity contribution in [1.29, 1.82) is 0 Å². The number of hydrogen-bond acceptors (Lipinski definition) is 3.